The van der Waals surface area contributed by atoms with Crippen LogP contribution in [0.25, 0.3) is 21.8 Å². The van der Waals surface area contributed by atoms with Crippen LogP contribution in [0.3, 0.4) is 0 Å². The SMILES string of the molecule is CC[C@H](C)Oc1ccccc1CN.CC[C@H](C)Oc1ccccc1CNC(=O)c1ccc2cncc(Br)c2n1.Cl.O=C(O)c1ccc2cncc(Br)c2n1. The predicted octanol–water partition coefficient (Wildman–Crippen LogP) is 9.33. The van der Waals surface area contributed by atoms with Crippen molar-refractivity contribution in [3.8, 4) is 11.5 Å². The van der Waals surface area contributed by atoms with E-state index in [2.05, 4.69) is 77.9 Å². The number of halogens is 3. The van der Waals surface area contributed by atoms with Crippen molar-refractivity contribution in [1.29, 1.82) is 0 Å². The molecule has 6 rings (SSSR count). The molecule has 6 aromatic rings. The molecule has 54 heavy (non-hydrogen) atoms. The minimum atomic E-state index is -1.03. The summed E-state index contributed by atoms with van der Waals surface area (Å²) in [4.78, 5) is 39.7. The highest BCUT2D eigenvalue weighted by Crippen LogP contribution is 2.23. The molecule has 0 bridgehead atoms. The number of hydrogen-bond acceptors (Lipinski definition) is 9. The van der Waals surface area contributed by atoms with Gasteiger partial charge in [-0.2, -0.15) is 0 Å². The number of hydrogen-bond donors (Lipinski definition) is 3. The largest absolute Gasteiger partial charge is 0.490 e. The Labute approximate surface area is 337 Å². The molecule has 4 N–H and O–H groups in total. The van der Waals surface area contributed by atoms with E-state index in [0.29, 0.717) is 34.3 Å². The second kappa shape index (κ2) is 21.9. The van der Waals surface area contributed by atoms with E-state index in [9.17, 15) is 9.59 Å². The average Bonchev–Trinajstić information content (AvgIpc) is 3.18. The van der Waals surface area contributed by atoms with Crippen molar-refractivity contribution in [1.82, 2.24) is 25.3 Å². The molecule has 0 fully saturated rings. The van der Waals surface area contributed by atoms with Gasteiger partial charge in [0.1, 0.15) is 22.9 Å². The Morgan fingerprint density at radius 1 is 0.722 bits per heavy atom. The summed E-state index contributed by atoms with van der Waals surface area (Å²) in [5, 5.41) is 13.3. The Morgan fingerprint density at radius 2 is 1.19 bits per heavy atom. The Balaban J connectivity index is 0.000000237. The maximum Gasteiger partial charge on any atom is 0.354 e. The molecule has 0 aliphatic rings. The number of carboxylic acid groups (broad SMARTS) is 1. The number of nitrogens with one attached hydrogen (secondary N) is 1. The molecule has 0 unspecified atom stereocenters. The van der Waals surface area contributed by atoms with Gasteiger partial charge in [-0.05, 0) is 94.9 Å². The summed E-state index contributed by atoms with van der Waals surface area (Å²) in [6.07, 6.45) is 8.92. The van der Waals surface area contributed by atoms with Gasteiger partial charge < -0.3 is 25.6 Å². The summed E-state index contributed by atoms with van der Waals surface area (Å²) in [6.45, 7) is 9.19. The number of nitrogens with zero attached hydrogens (tertiary/aromatic N) is 4. The first-order valence-corrected chi connectivity index (χ1v) is 18.6. The van der Waals surface area contributed by atoms with Gasteiger partial charge in [0.15, 0.2) is 0 Å². The van der Waals surface area contributed by atoms with Gasteiger partial charge in [-0.1, -0.05) is 50.2 Å². The fraction of sp³-hybridized carbons (Fsp3) is 0.250. The van der Waals surface area contributed by atoms with Gasteiger partial charge in [-0.15, -0.1) is 12.4 Å². The lowest BCUT2D eigenvalue weighted by atomic mass is 10.2. The van der Waals surface area contributed by atoms with Crippen LogP contribution in [0.5, 0.6) is 11.5 Å². The Morgan fingerprint density at radius 3 is 1.69 bits per heavy atom. The zero-order valence-corrected chi connectivity index (χ0v) is 34.3. The number of fused-ring (bicyclic) bond motifs is 2. The molecule has 0 saturated carbocycles. The van der Waals surface area contributed by atoms with E-state index >= 15 is 0 Å². The summed E-state index contributed by atoms with van der Waals surface area (Å²) >= 11 is 6.68. The molecule has 0 spiro atoms. The van der Waals surface area contributed by atoms with Crippen LogP contribution in [0.1, 0.15) is 72.6 Å². The van der Waals surface area contributed by atoms with Crippen molar-refractivity contribution in [3.63, 3.8) is 0 Å². The Kier molecular flexibility index (Phi) is 17.7. The summed E-state index contributed by atoms with van der Waals surface area (Å²) in [5.74, 6) is 0.450. The minimum absolute atomic E-state index is 0. The third-order valence-electron chi connectivity index (χ3n) is 7.97. The second-order valence-corrected chi connectivity index (χ2v) is 13.6. The summed E-state index contributed by atoms with van der Waals surface area (Å²) in [7, 11) is 0. The molecule has 0 saturated heterocycles. The molecule has 0 aliphatic carbocycles. The van der Waals surface area contributed by atoms with Gasteiger partial charge in [-0.25, -0.2) is 14.8 Å². The summed E-state index contributed by atoms with van der Waals surface area (Å²) in [5.41, 5.74) is 9.32. The van der Waals surface area contributed by atoms with Crippen molar-refractivity contribution in [2.45, 2.75) is 65.8 Å². The van der Waals surface area contributed by atoms with Crippen LogP contribution in [0, 0.1) is 0 Å². The third-order valence-corrected chi connectivity index (χ3v) is 9.13. The van der Waals surface area contributed by atoms with Crippen molar-refractivity contribution in [2.24, 2.45) is 5.73 Å². The smallest absolute Gasteiger partial charge is 0.354 e. The predicted molar refractivity (Wildman–Crippen MR) is 221 cm³/mol. The number of ether oxygens (including phenoxy) is 2. The molecule has 11 nitrogen and oxygen atoms in total. The molecule has 2 atom stereocenters. The van der Waals surface area contributed by atoms with Crippen LogP contribution in [0.4, 0.5) is 0 Å². The van der Waals surface area contributed by atoms with Crippen LogP contribution in [0.2, 0.25) is 0 Å². The number of aromatic nitrogens is 4. The van der Waals surface area contributed by atoms with E-state index in [-0.39, 0.29) is 36.2 Å². The first-order chi connectivity index (χ1) is 25.5. The number of nitrogens with two attached hydrogens (primary N) is 1. The molecule has 4 aromatic heterocycles. The molecule has 2 aromatic carbocycles. The van der Waals surface area contributed by atoms with Gasteiger partial charge in [-0.3, -0.25) is 14.8 Å². The summed E-state index contributed by atoms with van der Waals surface area (Å²) in [6, 6.07) is 22.3. The Bertz CT molecular complexity index is 2160. The number of rotatable bonds is 11. The molecule has 14 heteroatoms. The van der Waals surface area contributed by atoms with Gasteiger partial charge in [0.2, 0.25) is 0 Å². The molecule has 0 radical (unpaired) electrons. The van der Waals surface area contributed by atoms with E-state index < -0.39 is 5.97 Å². The average molecular weight is 883 g/mol. The highest BCUT2D eigenvalue weighted by Gasteiger charge is 2.13. The monoisotopic (exact) mass is 880 g/mol. The second-order valence-electron chi connectivity index (χ2n) is 11.9. The highest BCUT2D eigenvalue weighted by atomic mass is 79.9. The third kappa shape index (κ3) is 12.4. The van der Waals surface area contributed by atoms with Crippen molar-refractivity contribution >= 4 is 77.9 Å². The van der Waals surface area contributed by atoms with Crippen LogP contribution in [-0.4, -0.2) is 49.1 Å². The lowest BCUT2D eigenvalue weighted by molar-refractivity contribution is 0.0690. The lowest BCUT2D eigenvalue weighted by Crippen LogP contribution is -2.24. The first-order valence-electron chi connectivity index (χ1n) is 17.1. The number of amides is 1. The van der Waals surface area contributed by atoms with E-state index in [1.165, 1.54) is 6.07 Å². The number of pyridine rings is 4. The molecular formula is C40H43Br2ClN6O5. The lowest BCUT2D eigenvalue weighted by Gasteiger charge is -2.16. The number of para-hydroxylation sites is 2. The van der Waals surface area contributed by atoms with Gasteiger partial charge in [0.05, 0.1) is 32.2 Å². The van der Waals surface area contributed by atoms with Crippen LogP contribution in [-0.2, 0) is 13.1 Å². The maximum absolute atomic E-state index is 12.5. The topological polar surface area (TPSA) is 162 Å². The van der Waals surface area contributed by atoms with E-state index in [1.807, 2.05) is 61.5 Å². The normalized spacial score (nSPS) is 11.5. The standard InChI is InChI=1S/C20H20BrN3O2.C11H17NO.C9H5BrN2O2.ClH/c1-3-13(2)26-18-7-5-4-6-14(18)11-23-20(25)17-9-8-15-10-22-12-16(21)19(15)24-17;1-3-9(2)13-11-7-5-4-6-10(11)8-12;10-6-4-11-3-5-1-2-7(9(13)14)12-8(5)6;/h4-10,12-13H,3,11H2,1-2H3,(H,23,25);4-7,9H,3,8,12H2,1-2H3;1-4H,(H,13,14);1H/t13-;9-;;/m00../s1. The van der Waals surface area contributed by atoms with Gasteiger partial charge in [0.25, 0.3) is 5.91 Å². The van der Waals surface area contributed by atoms with E-state index in [4.69, 9.17) is 20.3 Å². The fourth-order valence-corrected chi connectivity index (χ4v) is 5.55. The Hall–Kier alpha value is -4.69. The number of carboxylic acids is 1. The van der Waals surface area contributed by atoms with Gasteiger partial charge >= 0.3 is 5.97 Å². The molecule has 4 heterocycles. The molecular weight excluding hydrogens is 840 g/mol. The zero-order chi connectivity index (χ0) is 38.3. The molecule has 284 valence electrons. The molecule has 0 aliphatic heterocycles. The van der Waals surface area contributed by atoms with Crippen molar-refractivity contribution in [3.05, 3.63) is 129 Å². The number of carbonyl (C=O) groups excluding carboxylic acids is 1. The van der Waals surface area contributed by atoms with E-state index in [0.717, 1.165) is 50.7 Å². The maximum atomic E-state index is 12.5. The van der Waals surface area contributed by atoms with Crippen LogP contribution >= 0.6 is 44.3 Å². The first kappa shape index (κ1) is 43.7. The van der Waals surface area contributed by atoms with Crippen LogP contribution < -0.4 is 20.5 Å². The number of benzene rings is 2. The van der Waals surface area contributed by atoms with Gasteiger partial charge in [0, 0.05) is 59.8 Å². The minimum Gasteiger partial charge on any atom is -0.490 e. The van der Waals surface area contributed by atoms with Crippen LogP contribution in [0.15, 0.2) is 107 Å². The highest BCUT2D eigenvalue weighted by molar-refractivity contribution is 9.11. The zero-order valence-electron chi connectivity index (χ0n) is 30.3. The van der Waals surface area contributed by atoms with E-state index in [1.54, 1.807) is 36.9 Å². The molecule has 1 amide bonds. The fourth-order valence-electron chi connectivity index (χ4n) is 4.68. The number of aromatic carboxylic acids is 1. The number of carbonyl (C=O) groups is 2. The quantitative estimate of drug-likeness (QED) is 0.114. The van der Waals surface area contributed by atoms with Crippen molar-refractivity contribution in [2.75, 3.05) is 0 Å². The van der Waals surface area contributed by atoms with Crippen molar-refractivity contribution < 1.29 is 24.2 Å². The summed E-state index contributed by atoms with van der Waals surface area (Å²) < 4.78 is 13.1.